The Labute approximate surface area is 298 Å². The highest BCUT2D eigenvalue weighted by molar-refractivity contribution is 6.06. The van der Waals surface area contributed by atoms with E-state index in [9.17, 15) is 9.59 Å². The summed E-state index contributed by atoms with van der Waals surface area (Å²) in [5, 5.41) is 3.13. The van der Waals surface area contributed by atoms with Crippen LogP contribution in [0.3, 0.4) is 0 Å². The van der Waals surface area contributed by atoms with Crippen molar-refractivity contribution in [1.29, 1.82) is 0 Å². The molecular formula is C40H57N7O3. The van der Waals surface area contributed by atoms with E-state index in [1.165, 1.54) is 25.9 Å². The Morgan fingerprint density at radius 3 is 2.36 bits per heavy atom. The second kappa shape index (κ2) is 16.2. The number of likely N-dealkylation sites (tertiary alicyclic amines) is 1. The van der Waals surface area contributed by atoms with Gasteiger partial charge in [0, 0.05) is 93.3 Å². The Morgan fingerprint density at radius 2 is 1.72 bits per heavy atom. The normalized spacial score (nSPS) is 21.7. The number of pyridine rings is 1. The summed E-state index contributed by atoms with van der Waals surface area (Å²) in [5.41, 5.74) is 6.30. The van der Waals surface area contributed by atoms with Crippen LogP contribution in [0.15, 0.2) is 47.1 Å². The molecule has 0 aliphatic carbocycles. The lowest BCUT2D eigenvalue weighted by molar-refractivity contribution is -0.120. The van der Waals surface area contributed by atoms with E-state index in [1.807, 2.05) is 32.2 Å². The zero-order valence-corrected chi connectivity index (χ0v) is 31.1. The maximum absolute atomic E-state index is 14.1. The Bertz CT molecular complexity index is 1560. The lowest BCUT2D eigenvalue weighted by atomic mass is 9.86. The van der Waals surface area contributed by atoms with E-state index >= 15 is 0 Å². The molecule has 10 nitrogen and oxygen atoms in total. The topological polar surface area (TPSA) is 93.6 Å². The first-order chi connectivity index (χ1) is 24.1. The number of piperidine rings is 1. The molecule has 2 amide bonds. The van der Waals surface area contributed by atoms with E-state index in [4.69, 9.17) is 9.72 Å². The molecule has 1 aromatic carbocycles. The minimum atomic E-state index is -0.456. The average molecular weight is 684 g/mol. The number of hydrogen-bond donors (Lipinski definition) is 1. The number of allylic oxidation sites excluding steroid dienone is 1. The van der Waals surface area contributed by atoms with Crippen molar-refractivity contribution in [3.8, 4) is 11.1 Å². The van der Waals surface area contributed by atoms with Crippen molar-refractivity contribution in [3.05, 3.63) is 53.2 Å². The van der Waals surface area contributed by atoms with Gasteiger partial charge < -0.3 is 24.8 Å². The van der Waals surface area contributed by atoms with Gasteiger partial charge >= 0.3 is 0 Å². The lowest BCUT2D eigenvalue weighted by Crippen LogP contribution is -2.53. The molecule has 3 saturated heterocycles. The van der Waals surface area contributed by atoms with Gasteiger partial charge in [0.05, 0.1) is 5.92 Å². The number of nitrogens with one attached hydrogen (secondary N) is 1. The van der Waals surface area contributed by atoms with Crippen LogP contribution in [0.25, 0.3) is 11.1 Å². The van der Waals surface area contributed by atoms with Crippen molar-refractivity contribution in [1.82, 2.24) is 20.1 Å². The molecular weight excluding hydrogens is 626 g/mol. The number of ether oxygens (including phenoxy) is 1. The maximum atomic E-state index is 14.1. The van der Waals surface area contributed by atoms with Crippen LogP contribution < -0.4 is 15.1 Å². The summed E-state index contributed by atoms with van der Waals surface area (Å²) in [6, 6.07) is 9.54. The number of rotatable bonds is 10. The minimum Gasteiger partial charge on any atom is -0.381 e. The summed E-state index contributed by atoms with van der Waals surface area (Å²) in [5.74, 6) is 0.361. The summed E-state index contributed by atoms with van der Waals surface area (Å²) in [7, 11) is 2.22. The summed E-state index contributed by atoms with van der Waals surface area (Å²) < 4.78 is 5.70. The van der Waals surface area contributed by atoms with E-state index in [2.05, 4.69) is 75.9 Å². The molecule has 4 aliphatic heterocycles. The van der Waals surface area contributed by atoms with Crippen molar-refractivity contribution in [2.75, 3.05) is 82.4 Å². The van der Waals surface area contributed by atoms with Gasteiger partial charge in [-0.2, -0.15) is 0 Å². The largest absolute Gasteiger partial charge is 0.381 e. The molecule has 1 unspecified atom stereocenters. The van der Waals surface area contributed by atoms with E-state index in [-0.39, 0.29) is 24.3 Å². The number of aromatic nitrogens is 1. The quantitative estimate of drug-likeness (QED) is 0.365. The summed E-state index contributed by atoms with van der Waals surface area (Å²) in [6.45, 7) is 19.3. The third-order valence-electron chi connectivity index (χ3n) is 11.3. The van der Waals surface area contributed by atoms with E-state index in [0.717, 1.165) is 98.3 Å². The fraction of sp³-hybridized carbons (Fsp3) is 0.600. The van der Waals surface area contributed by atoms with Gasteiger partial charge in [-0.3, -0.25) is 14.5 Å². The highest BCUT2D eigenvalue weighted by Gasteiger charge is 2.30. The number of aliphatic imine (C=N–C) groups is 1. The molecule has 5 heterocycles. The summed E-state index contributed by atoms with van der Waals surface area (Å²) in [6.07, 6.45) is 8.37. The van der Waals surface area contributed by atoms with E-state index in [1.54, 1.807) is 0 Å². The third-order valence-corrected chi connectivity index (χ3v) is 11.3. The van der Waals surface area contributed by atoms with Crippen LogP contribution in [0.2, 0.25) is 0 Å². The molecule has 10 heteroatoms. The smallest absolute Gasteiger partial charge is 0.254 e. The van der Waals surface area contributed by atoms with Crippen molar-refractivity contribution < 1.29 is 14.3 Å². The average Bonchev–Trinajstić information content (AvgIpc) is 3.12. The van der Waals surface area contributed by atoms with Gasteiger partial charge in [-0.15, -0.1) is 0 Å². The van der Waals surface area contributed by atoms with Gasteiger partial charge in [0.25, 0.3) is 11.8 Å². The van der Waals surface area contributed by atoms with Crippen LogP contribution in [-0.4, -0.2) is 117 Å². The molecule has 6 rings (SSSR count). The minimum absolute atomic E-state index is 0.178. The van der Waals surface area contributed by atoms with Gasteiger partial charge in [-0.1, -0.05) is 19.4 Å². The number of piperazine rings is 1. The Hall–Kier alpha value is -3.60. The van der Waals surface area contributed by atoms with Gasteiger partial charge in [-0.25, -0.2) is 9.98 Å². The molecule has 1 atom stereocenters. The Kier molecular flexibility index (Phi) is 11.7. The van der Waals surface area contributed by atoms with Gasteiger partial charge in [-0.05, 0) is 114 Å². The lowest BCUT2D eigenvalue weighted by Gasteiger charge is -2.42. The number of hydrogen-bond acceptors (Lipinski definition) is 8. The highest BCUT2D eigenvalue weighted by Crippen LogP contribution is 2.34. The van der Waals surface area contributed by atoms with Crippen LogP contribution in [0.1, 0.15) is 69.3 Å². The molecule has 1 aromatic heterocycles. The SMILES string of the molecule is CCN(c1cc(-c2ccc(N3CCN(C4CCN(C)CC4)CC3)nc2)cc(C(=O)NCC2C(=O)N=C(C)C=C2C(C)C)c1C)C1CCOCC1. The number of carbonyl (C=O) groups is 2. The van der Waals surface area contributed by atoms with Gasteiger partial charge in [0.2, 0.25) is 0 Å². The van der Waals surface area contributed by atoms with Crippen LogP contribution in [0.5, 0.6) is 0 Å². The Balaban J connectivity index is 1.23. The first-order valence-corrected chi connectivity index (χ1v) is 18.8. The first-order valence-electron chi connectivity index (χ1n) is 18.8. The number of amides is 2. The van der Waals surface area contributed by atoms with Gasteiger partial charge in [0.15, 0.2) is 0 Å². The van der Waals surface area contributed by atoms with E-state index in [0.29, 0.717) is 17.6 Å². The Morgan fingerprint density at radius 1 is 1.00 bits per heavy atom. The van der Waals surface area contributed by atoms with Crippen molar-refractivity contribution >= 4 is 29.0 Å². The highest BCUT2D eigenvalue weighted by atomic mass is 16.5. The first kappa shape index (κ1) is 36.2. The van der Waals surface area contributed by atoms with Crippen molar-refractivity contribution in [3.63, 3.8) is 0 Å². The molecule has 0 saturated carbocycles. The second-order valence-corrected chi connectivity index (χ2v) is 14.9. The zero-order valence-electron chi connectivity index (χ0n) is 31.1. The second-order valence-electron chi connectivity index (χ2n) is 14.9. The molecule has 2 aromatic rings. The molecule has 270 valence electrons. The predicted octanol–water partition coefficient (Wildman–Crippen LogP) is 5.21. The van der Waals surface area contributed by atoms with Crippen LogP contribution in [0.4, 0.5) is 11.5 Å². The zero-order chi connectivity index (χ0) is 35.4. The number of benzene rings is 1. The number of anilines is 2. The molecule has 50 heavy (non-hydrogen) atoms. The van der Waals surface area contributed by atoms with Crippen LogP contribution in [0, 0.1) is 18.8 Å². The number of dihydropyridines is 1. The van der Waals surface area contributed by atoms with Crippen LogP contribution >= 0.6 is 0 Å². The standard InChI is InChI=1S/C40H57N7O3/c1-7-47(33-12-20-50-21-13-33)37-24-31(23-35(29(37)5)39(48)42-26-36-34(27(2)3)22-28(4)43-40(36)49)30-8-9-38(41-25-30)46-18-16-45(17-19-46)32-10-14-44(6)15-11-32/h8-9,22-25,27,32-33,36H,7,10-21,26H2,1-6H3,(H,42,48). The molecule has 0 radical (unpaired) electrons. The summed E-state index contributed by atoms with van der Waals surface area (Å²) in [4.78, 5) is 46.1. The monoisotopic (exact) mass is 683 g/mol. The van der Waals surface area contributed by atoms with Crippen LogP contribution in [-0.2, 0) is 9.53 Å². The predicted molar refractivity (Wildman–Crippen MR) is 202 cm³/mol. The van der Waals surface area contributed by atoms with Crippen molar-refractivity contribution in [2.24, 2.45) is 16.8 Å². The molecule has 0 spiro atoms. The third kappa shape index (κ3) is 8.13. The van der Waals surface area contributed by atoms with Gasteiger partial charge in [0.1, 0.15) is 5.82 Å². The molecule has 3 fully saturated rings. The molecule has 4 aliphatic rings. The molecule has 0 bridgehead atoms. The maximum Gasteiger partial charge on any atom is 0.254 e. The summed E-state index contributed by atoms with van der Waals surface area (Å²) >= 11 is 0. The van der Waals surface area contributed by atoms with Crippen molar-refractivity contribution in [2.45, 2.75) is 72.4 Å². The fourth-order valence-electron chi connectivity index (χ4n) is 8.27. The number of carbonyl (C=O) groups excluding carboxylic acids is 2. The molecule has 1 N–H and O–H groups in total. The number of nitrogens with zero attached hydrogens (tertiary/aromatic N) is 6. The van der Waals surface area contributed by atoms with E-state index < -0.39 is 5.92 Å². The fourth-order valence-corrected chi connectivity index (χ4v) is 8.27.